The lowest BCUT2D eigenvalue weighted by Gasteiger charge is -2.11. The van der Waals surface area contributed by atoms with Crippen LogP contribution in [0.2, 0.25) is 0 Å². The predicted molar refractivity (Wildman–Crippen MR) is 78.2 cm³/mol. The number of unbranched alkanes of at least 4 members (excludes halogenated alkanes) is 1. The van der Waals surface area contributed by atoms with Crippen LogP contribution < -0.4 is 16.4 Å². The van der Waals surface area contributed by atoms with Gasteiger partial charge in [0.25, 0.3) is 0 Å². The lowest BCUT2D eigenvalue weighted by molar-refractivity contribution is -0.118. The number of carboxylic acid groups (broad SMARTS) is 1. The Morgan fingerprint density at radius 3 is 2.57 bits per heavy atom. The molecule has 3 amide bonds. The topological polar surface area (TPSA) is 122 Å². The van der Waals surface area contributed by atoms with Crippen molar-refractivity contribution in [3.8, 4) is 0 Å². The molecular formula is C14H19N3O4. The van der Waals surface area contributed by atoms with Gasteiger partial charge in [-0.25, -0.2) is 9.59 Å². The molecule has 0 saturated carbocycles. The van der Waals surface area contributed by atoms with Crippen molar-refractivity contribution in [3.63, 3.8) is 0 Å². The molecule has 5 N–H and O–H groups in total. The van der Waals surface area contributed by atoms with Gasteiger partial charge in [-0.15, -0.1) is 0 Å². The number of urea groups is 1. The van der Waals surface area contributed by atoms with Crippen molar-refractivity contribution >= 4 is 23.6 Å². The molecule has 0 atom stereocenters. The highest BCUT2D eigenvalue weighted by atomic mass is 16.4. The SMILES string of the molecule is Cc1cccc(NC(=O)NCCCCC(N)=O)c1C(=O)O. The average molecular weight is 293 g/mol. The van der Waals surface area contributed by atoms with E-state index in [0.717, 1.165) is 0 Å². The monoisotopic (exact) mass is 293 g/mol. The lowest BCUT2D eigenvalue weighted by atomic mass is 10.1. The van der Waals surface area contributed by atoms with Crippen molar-refractivity contribution in [1.29, 1.82) is 0 Å². The van der Waals surface area contributed by atoms with Crippen molar-refractivity contribution in [2.24, 2.45) is 5.73 Å². The molecule has 0 aliphatic rings. The summed E-state index contributed by atoms with van der Waals surface area (Å²) in [5, 5.41) is 14.2. The van der Waals surface area contributed by atoms with E-state index in [9.17, 15) is 14.4 Å². The number of rotatable bonds is 7. The molecule has 1 rings (SSSR count). The predicted octanol–water partition coefficient (Wildman–Crippen LogP) is 1.47. The number of hydrogen-bond acceptors (Lipinski definition) is 3. The van der Waals surface area contributed by atoms with Gasteiger partial charge in [0.05, 0.1) is 11.3 Å². The zero-order chi connectivity index (χ0) is 15.8. The van der Waals surface area contributed by atoms with E-state index in [1.165, 1.54) is 6.07 Å². The van der Waals surface area contributed by atoms with Crippen molar-refractivity contribution in [1.82, 2.24) is 5.32 Å². The van der Waals surface area contributed by atoms with Gasteiger partial charge in [0, 0.05) is 13.0 Å². The van der Waals surface area contributed by atoms with Crippen LogP contribution >= 0.6 is 0 Å². The number of anilines is 1. The van der Waals surface area contributed by atoms with Crippen LogP contribution in [0, 0.1) is 6.92 Å². The number of aryl methyl sites for hydroxylation is 1. The highest BCUT2D eigenvalue weighted by molar-refractivity contribution is 6.01. The average Bonchev–Trinajstić information content (AvgIpc) is 2.37. The summed E-state index contributed by atoms with van der Waals surface area (Å²) in [4.78, 5) is 33.4. The second-order valence-electron chi connectivity index (χ2n) is 4.61. The fourth-order valence-corrected chi connectivity index (χ4v) is 1.85. The number of primary amides is 1. The maximum Gasteiger partial charge on any atom is 0.338 e. The van der Waals surface area contributed by atoms with Gasteiger partial charge in [-0.2, -0.15) is 0 Å². The van der Waals surface area contributed by atoms with Gasteiger partial charge in [0.15, 0.2) is 0 Å². The molecule has 0 unspecified atom stereocenters. The molecular weight excluding hydrogens is 274 g/mol. The molecule has 0 fully saturated rings. The molecule has 1 aromatic carbocycles. The fraction of sp³-hybridized carbons (Fsp3) is 0.357. The number of aromatic carboxylic acids is 1. The summed E-state index contributed by atoms with van der Waals surface area (Å²) >= 11 is 0. The van der Waals surface area contributed by atoms with Crippen LogP contribution in [-0.4, -0.2) is 29.6 Å². The highest BCUT2D eigenvalue weighted by Crippen LogP contribution is 2.19. The summed E-state index contributed by atoms with van der Waals surface area (Å²) in [5.74, 6) is -1.46. The lowest BCUT2D eigenvalue weighted by Crippen LogP contribution is -2.30. The van der Waals surface area contributed by atoms with Crippen LogP contribution in [0.5, 0.6) is 0 Å². The Balaban J connectivity index is 2.50. The molecule has 0 aromatic heterocycles. The zero-order valence-corrected chi connectivity index (χ0v) is 11.8. The molecule has 114 valence electrons. The molecule has 0 aliphatic carbocycles. The molecule has 1 aromatic rings. The number of benzene rings is 1. The molecule has 0 spiro atoms. The minimum atomic E-state index is -1.09. The first-order valence-electron chi connectivity index (χ1n) is 6.58. The van der Waals surface area contributed by atoms with Crippen LogP contribution in [-0.2, 0) is 4.79 Å². The largest absolute Gasteiger partial charge is 0.478 e. The van der Waals surface area contributed by atoms with E-state index in [4.69, 9.17) is 10.8 Å². The Labute approximate surface area is 122 Å². The zero-order valence-electron chi connectivity index (χ0n) is 11.8. The van der Waals surface area contributed by atoms with E-state index < -0.39 is 12.0 Å². The first kappa shape index (κ1) is 16.5. The molecule has 7 nitrogen and oxygen atoms in total. The molecule has 0 radical (unpaired) electrons. The van der Waals surface area contributed by atoms with Gasteiger partial charge < -0.3 is 21.5 Å². The first-order chi connectivity index (χ1) is 9.91. The summed E-state index contributed by atoms with van der Waals surface area (Å²) in [7, 11) is 0. The molecule has 0 saturated heterocycles. The Hall–Kier alpha value is -2.57. The Morgan fingerprint density at radius 2 is 1.95 bits per heavy atom. The number of nitrogens with two attached hydrogens (primary N) is 1. The van der Waals surface area contributed by atoms with Gasteiger partial charge >= 0.3 is 12.0 Å². The molecule has 0 heterocycles. The van der Waals surface area contributed by atoms with Gasteiger partial charge in [-0.1, -0.05) is 12.1 Å². The maximum absolute atomic E-state index is 11.7. The minimum Gasteiger partial charge on any atom is -0.478 e. The van der Waals surface area contributed by atoms with Crippen LogP contribution in [0.4, 0.5) is 10.5 Å². The normalized spacial score (nSPS) is 9.95. The number of amides is 3. The highest BCUT2D eigenvalue weighted by Gasteiger charge is 2.14. The number of carbonyl (C=O) groups is 3. The summed E-state index contributed by atoms with van der Waals surface area (Å²) < 4.78 is 0. The molecule has 21 heavy (non-hydrogen) atoms. The number of hydrogen-bond donors (Lipinski definition) is 4. The second-order valence-corrected chi connectivity index (χ2v) is 4.61. The Bertz CT molecular complexity index is 543. The minimum absolute atomic E-state index is 0.0707. The Kier molecular flexibility index (Phi) is 6.19. The van der Waals surface area contributed by atoms with E-state index in [0.29, 0.717) is 24.9 Å². The molecule has 7 heteroatoms. The van der Waals surface area contributed by atoms with E-state index in [2.05, 4.69) is 10.6 Å². The standard InChI is InChI=1S/C14H19N3O4/c1-9-5-4-6-10(12(9)13(19)20)17-14(21)16-8-3-2-7-11(15)18/h4-6H,2-3,7-8H2,1H3,(H2,15,18)(H,19,20)(H2,16,17,21). The second kappa shape index (κ2) is 7.88. The van der Waals surface area contributed by atoms with Crippen LogP contribution in [0.15, 0.2) is 18.2 Å². The maximum atomic E-state index is 11.7. The van der Waals surface area contributed by atoms with E-state index >= 15 is 0 Å². The first-order valence-corrected chi connectivity index (χ1v) is 6.58. The molecule has 0 bridgehead atoms. The van der Waals surface area contributed by atoms with Gasteiger partial charge in [-0.3, -0.25) is 4.79 Å². The van der Waals surface area contributed by atoms with E-state index in [1.54, 1.807) is 19.1 Å². The van der Waals surface area contributed by atoms with E-state index in [1.807, 2.05) is 0 Å². The summed E-state index contributed by atoms with van der Waals surface area (Å²) in [5.41, 5.74) is 5.89. The number of carbonyl (C=O) groups excluding carboxylic acids is 2. The van der Waals surface area contributed by atoms with Gasteiger partial charge in [-0.05, 0) is 31.4 Å². The van der Waals surface area contributed by atoms with Crippen molar-refractivity contribution in [2.75, 3.05) is 11.9 Å². The van der Waals surface area contributed by atoms with Crippen LogP contribution in [0.1, 0.15) is 35.2 Å². The van der Waals surface area contributed by atoms with Gasteiger partial charge in [0.2, 0.25) is 5.91 Å². The smallest absolute Gasteiger partial charge is 0.338 e. The third kappa shape index (κ3) is 5.52. The van der Waals surface area contributed by atoms with Crippen molar-refractivity contribution < 1.29 is 19.5 Å². The van der Waals surface area contributed by atoms with Crippen LogP contribution in [0.25, 0.3) is 0 Å². The van der Waals surface area contributed by atoms with E-state index in [-0.39, 0.29) is 23.6 Å². The fourth-order valence-electron chi connectivity index (χ4n) is 1.85. The van der Waals surface area contributed by atoms with Crippen molar-refractivity contribution in [3.05, 3.63) is 29.3 Å². The third-order valence-corrected chi connectivity index (χ3v) is 2.87. The molecule has 0 aliphatic heterocycles. The summed E-state index contributed by atoms with van der Waals surface area (Å²) in [6.45, 7) is 2.05. The van der Waals surface area contributed by atoms with Gasteiger partial charge in [0.1, 0.15) is 0 Å². The third-order valence-electron chi connectivity index (χ3n) is 2.87. The summed E-state index contributed by atoms with van der Waals surface area (Å²) in [6, 6.07) is 4.38. The van der Waals surface area contributed by atoms with Crippen LogP contribution in [0.3, 0.4) is 0 Å². The summed E-state index contributed by atoms with van der Waals surface area (Å²) in [6.07, 6.45) is 1.50. The number of carboxylic acids is 1. The quantitative estimate of drug-likeness (QED) is 0.569. The number of nitrogens with one attached hydrogen (secondary N) is 2. The Morgan fingerprint density at radius 1 is 1.24 bits per heavy atom. The van der Waals surface area contributed by atoms with Crippen molar-refractivity contribution in [2.45, 2.75) is 26.2 Å².